The molecule has 194 valence electrons. The van der Waals surface area contributed by atoms with Gasteiger partial charge in [-0.1, -0.05) is 23.7 Å². The molecule has 2 amide bonds. The highest BCUT2D eigenvalue weighted by Gasteiger charge is 2.54. The van der Waals surface area contributed by atoms with E-state index >= 15 is 0 Å². The van der Waals surface area contributed by atoms with E-state index in [4.69, 9.17) is 11.6 Å². The minimum Gasteiger partial charge on any atom is -0.345 e. The summed E-state index contributed by atoms with van der Waals surface area (Å²) in [5.41, 5.74) is 1.33. The summed E-state index contributed by atoms with van der Waals surface area (Å²) in [5.74, 6) is -0.235. The Balaban J connectivity index is 1.20. The molecular formula is C26H34ClN5O3S. The second kappa shape index (κ2) is 9.91. The molecular weight excluding hydrogens is 498 g/mol. The molecule has 0 bridgehead atoms. The van der Waals surface area contributed by atoms with Gasteiger partial charge in [-0.3, -0.25) is 13.8 Å². The van der Waals surface area contributed by atoms with Crippen LogP contribution in [-0.2, 0) is 23.9 Å². The molecule has 1 aliphatic heterocycles. The first-order valence-electron chi connectivity index (χ1n) is 12.7. The number of fused-ring (bicyclic) bond motifs is 1. The molecule has 5 rings (SSSR count). The molecule has 2 fully saturated rings. The molecule has 10 heteroatoms. The van der Waals surface area contributed by atoms with E-state index < -0.39 is 10.8 Å². The molecule has 1 aromatic carbocycles. The molecule has 8 nitrogen and oxygen atoms in total. The Labute approximate surface area is 219 Å². The number of carbonyl (C=O) groups excluding carboxylic acids is 2. The van der Waals surface area contributed by atoms with E-state index in [0.29, 0.717) is 42.9 Å². The van der Waals surface area contributed by atoms with Crippen LogP contribution in [0.1, 0.15) is 72.6 Å². The van der Waals surface area contributed by atoms with Gasteiger partial charge in [0.1, 0.15) is 5.69 Å². The number of halogens is 1. The highest BCUT2D eigenvalue weighted by molar-refractivity contribution is 7.88. The lowest BCUT2D eigenvalue weighted by atomic mass is 10.1. The standard InChI is InChI=1S/C26H34ClN5O3S/c1-25(2,11-12-28-20-7-8-20)36(35)26(9-10-26)17-31-13-14-32-21(24(31)34)16-29-22(32)23(33)30-15-18-3-5-19(27)6-4-18/h3-6,16,20,28H,7-15,17H2,1-2H3,(H,30,33). The molecule has 2 N–H and O–H groups in total. The smallest absolute Gasteiger partial charge is 0.287 e. The van der Waals surface area contributed by atoms with Gasteiger partial charge in [0.2, 0.25) is 0 Å². The molecule has 3 aliphatic rings. The van der Waals surface area contributed by atoms with E-state index in [2.05, 4.69) is 29.5 Å². The van der Waals surface area contributed by atoms with Gasteiger partial charge in [0.25, 0.3) is 11.8 Å². The van der Waals surface area contributed by atoms with Crippen LogP contribution in [0, 0.1) is 0 Å². The van der Waals surface area contributed by atoms with Gasteiger partial charge >= 0.3 is 0 Å². The predicted molar refractivity (Wildman–Crippen MR) is 141 cm³/mol. The maximum Gasteiger partial charge on any atom is 0.287 e. The second-order valence-electron chi connectivity index (χ2n) is 10.8. The summed E-state index contributed by atoms with van der Waals surface area (Å²) < 4.78 is 14.7. The summed E-state index contributed by atoms with van der Waals surface area (Å²) in [6.07, 6.45) is 6.57. The lowest BCUT2D eigenvalue weighted by molar-refractivity contribution is 0.0698. The minimum absolute atomic E-state index is 0.151. The summed E-state index contributed by atoms with van der Waals surface area (Å²) in [6, 6.07) is 7.91. The number of nitrogens with zero attached hydrogens (tertiary/aromatic N) is 3. The zero-order valence-corrected chi connectivity index (χ0v) is 22.5. The number of hydrogen-bond donors (Lipinski definition) is 2. The average Bonchev–Trinajstić information content (AvgIpc) is 3.78. The summed E-state index contributed by atoms with van der Waals surface area (Å²) in [4.78, 5) is 32.2. The molecule has 1 unspecified atom stereocenters. The van der Waals surface area contributed by atoms with E-state index in [9.17, 15) is 13.8 Å². The highest BCUT2D eigenvalue weighted by atomic mass is 35.5. The van der Waals surface area contributed by atoms with Gasteiger partial charge in [0.05, 0.1) is 10.9 Å². The van der Waals surface area contributed by atoms with Crippen LogP contribution in [0.4, 0.5) is 0 Å². The fourth-order valence-electron chi connectivity index (χ4n) is 4.89. The Bertz CT molecular complexity index is 1170. The van der Waals surface area contributed by atoms with Gasteiger partial charge in [0, 0.05) is 52.8 Å². The van der Waals surface area contributed by atoms with Crippen molar-refractivity contribution < 1.29 is 13.8 Å². The van der Waals surface area contributed by atoms with Gasteiger partial charge in [-0.05, 0) is 70.2 Å². The number of benzene rings is 1. The highest BCUT2D eigenvalue weighted by Crippen LogP contribution is 2.47. The lowest BCUT2D eigenvalue weighted by Gasteiger charge is -2.35. The fourth-order valence-corrected chi connectivity index (χ4v) is 7.22. The molecule has 2 heterocycles. The number of carbonyl (C=O) groups is 2. The fraction of sp³-hybridized carbons (Fsp3) is 0.577. The van der Waals surface area contributed by atoms with Crippen LogP contribution in [-0.4, -0.2) is 65.6 Å². The molecule has 2 aliphatic carbocycles. The zero-order chi connectivity index (χ0) is 25.5. The van der Waals surface area contributed by atoms with Crippen molar-refractivity contribution in [1.29, 1.82) is 0 Å². The third-order valence-corrected chi connectivity index (χ3v) is 10.2. The van der Waals surface area contributed by atoms with Crippen LogP contribution in [0.3, 0.4) is 0 Å². The summed E-state index contributed by atoms with van der Waals surface area (Å²) >= 11 is 5.92. The first kappa shape index (κ1) is 25.4. The van der Waals surface area contributed by atoms with E-state index in [1.54, 1.807) is 21.6 Å². The monoisotopic (exact) mass is 531 g/mol. The number of amides is 2. The molecule has 0 saturated heterocycles. The third-order valence-electron chi connectivity index (χ3n) is 7.44. The maximum atomic E-state index is 13.6. The molecule has 2 saturated carbocycles. The van der Waals surface area contributed by atoms with Gasteiger partial charge < -0.3 is 20.1 Å². The van der Waals surface area contributed by atoms with Crippen LogP contribution in [0.25, 0.3) is 0 Å². The molecule has 0 radical (unpaired) electrons. The second-order valence-corrected chi connectivity index (χ2v) is 13.8. The SMILES string of the molecule is CC(C)(CCNC1CC1)S(=O)C1(CN2CCn3c(cnc3C(=O)NCc3ccc(Cl)cc3)C2=O)CC1. The Hall–Kier alpha value is -2.23. The normalized spacial score (nSPS) is 19.6. The van der Waals surface area contributed by atoms with Crippen molar-refractivity contribution in [2.24, 2.45) is 0 Å². The Morgan fingerprint density at radius 3 is 2.61 bits per heavy atom. The van der Waals surface area contributed by atoms with E-state index in [1.807, 2.05) is 12.1 Å². The van der Waals surface area contributed by atoms with E-state index in [-0.39, 0.29) is 27.1 Å². The summed E-state index contributed by atoms with van der Waals surface area (Å²) in [7, 11) is -1.05. The number of nitrogens with one attached hydrogen (secondary N) is 2. The van der Waals surface area contributed by atoms with Gasteiger partial charge in [-0.25, -0.2) is 4.98 Å². The third kappa shape index (κ3) is 5.38. The number of imidazole rings is 1. The molecule has 1 atom stereocenters. The first-order valence-corrected chi connectivity index (χ1v) is 14.2. The van der Waals surface area contributed by atoms with Crippen molar-refractivity contribution in [2.75, 3.05) is 19.6 Å². The van der Waals surface area contributed by atoms with E-state index in [0.717, 1.165) is 31.4 Å². The Morgan fingerprint density at radius 2 is 1.94 bits per heavy atom. The van der Waals surface area contributed by atoms with Crippen LogP contribution >= 0.6 is 11.6 Å². The van der Waals surface area contributed by atoms with Crippen molar-refractivity contribution in [3.8, 4) is 0 Å². The van der Waals surface area contributed by atoms with Crippen LogP contribution in [0.5, 0.6) is 0 Å². The maximum absolute atomic E-state index is 13.6. The first-order chi connectivity index (χ1) is 17.2. The quantitative estimate of drug-likeness (QED) is 0.464. The van der Waals surface area contributed by atoms with Crippen LogP contribution in [0.15, 0.2) is 30.5 Å². The Morgan fingerprint density at radius 1 is 1.22 bits per heavy atom. The zero-order valence-electron chi connectivity index (χ0n) is 20.9. The van der Waals surface area contributed by atoms with Gasteiger partial charge in [-0.2, -0.15) is 0 Å². The molecule has 36 heavy (non-hydrogen) atoms. The Kier molecular flexibility index (Phi) is 7.00. The summed E-state index contributed by atoms with van der Waals surface area (Å²) in [6.45, 7) is 6.84. The van der Waals surface area contributed by atoms with Crippen molar-refractivity contribution in [3.63, 3.8) is 0 Å². The van der Waals surface area contributed by atoms with Gasteiger partial charge in [0.15, 0.2) is 5.82 Å². The largest absolute Gasteiger partial charge is 0.345 e. The molecule has 2 aromatic rings. The average molecular weight is 532 g/mol. The lowest BCUT2D eigenvalue weighted by Crippen LogP contribution is -2.49. The van der Waals surface area contributed by atoms with Crippen molar-refractivity contribution in [1.82, 2.24) is 25.1 Å². The number of hydrogen-bond acceptors (Lipinski definition) is 5. The number of aromatic nitrogens is 2. The van der Waals surface area contributed by atoms with Crippen molar-refractivity contribution >= 4 is 34.2 Å². The van der Waals surface area contributed by atoms with Crippen LogP contribution < -0.4 is 10.6 Å². The van der Waals surface area contributed by atoms with Crippen LogP contribution in [0.2, 0.25) is 5.02 Å². The minimum atomic E-state index is -1.05. The molecule has 1 aromatic heterocycles. The van der Waals surface area contributed by atoms with Crippen molar-refractivity contribution in [2.45, 2.75) is 74.6 Å². The predicted octanol–water partition coefficient (Wildman–Crippen LogP) is 3.12. The molecule has 0 spiro atoms. The number of rotatable bonds is 11. The van der Waals surface area contributed by atoms with Gasteiger partial charge in [-0.15, -0.1) is 0 Å². The topological polar surface area (TPSA) is 96.3 Å². The van der Waals surface area contributed by atoms with E-state index in [1.165, 1.54) is 19.0 Å². The summed E-state index contributed by atoms with van der Waals surface area (Å²) in [5, 5.41) is 7.03. The van der Waals surface area contributed by atoms with Crippen molar-refractivity contribution in [3.05, 3.63) is 52.6 Å².